The van der Waals surface area contributed by atoms with E-state index in [0.29, 0.717) is 5.02 Å². The molecule has 1 aromatic rings. The van der Waals surface area contributed by atoms with Crippen molar-refractivity contribution in [2.24, 2.45) is 0 Å². The maximum Gasteiger partial charge on any atom is 0.247 e. The molecule has 1 aliphatic carbocycles. The highest BCUT2D eigenvalue weighted by Gasteiger charge is 2.49. The van der Waals surface area contributed by atoms with Crippen molar-refractivity contribution in [3.63, 3.8) is 0 Å². The van der Waals surface area contributed by atoms with Crippen LogP contribution in [0, 0.1) is 0 Å². The number of nitrogens with one attached hydrogen (secondary N) is 1. The second-order valence-corrected chi connectivity index (χ2v) is 11.3. The lowest BCUT2D eigenvalue weighted by Gasteiger charge is -2.47. The minimum Gasteiger partial charge on any atom is -0.351 e. The summed E-state index contributed by atoms with van der Waals surface area (Å²) in [6.07, 6.45) is 8.55. The Morgan fingerprint density at radius 1 is 1.13 bits per heavy atom. The number of carbonyl (C=O) groups excluding carboxylic acids is 2. The van der Waals surface area contributed by atoms with Crippen molar-refractivity contribution < 1.29 is 18.0 Å². The Morgan fingerprint density at radius 2 is 1.71 bits per heavy atom. The van der Waals surface area contributed by atoms with Crippen LogP contribution in [-0.2, 0) is 26.2 Å². The van der Waals surface area contributed by atoms with Crippen LogP contribution in [0.1, 0.15) is 57.4 Å². The van der Waals surface area contributed by atoms with Crippen molar-refractivity contribution in [1.29, 1.82) is 0 Å². The molecule has 31 heavy (non-hydrogen) atoms. The second kappa shape index (κ2) is 9.88. The van der Waals surface area contributed by atoms with E-state index in [1.807, 2.05) is 12.1 Å². The molecule has 0 aromatic heterocycles. The minimum absolute atomic E-state index is 0.0470. The molecule has 1 atom stereocenters. The van der Waals surface area contributed by atoms with Gasteiger partial charge in [-0.15, -0.1) is 0 Å². The van der Waals surface area contributed by atoms with Crippen LogP contribution < -0.4 is 5.32 Å². The minimum atomic E-state index is -3.62. The number of rotatable bonds is 5. The summed E-state index contributed by atoms with van der Waals surface area (Å²) >= 11 is 5.97. The normalized spacial score (nSPS) is 24.5. The fourth-order valence-corrected chi connectivity index (χ4v) is 5.36. The fraction of sp³-hybridized carbons (Fsp3) is 0.636. The fourth-order valence-electron chi connectivity index (χ4n) is 4.40. The molecule has 1 heterocycles. The highest BCUT2D eigenvalue weighted by Crippen LogP contribution is 2.28. The van der Waals surface area contributed by atoms with Gasteiger partial charge >= 0.3 is 0 Å². The Balaban J connectivity index is 1.86. The van der Waals surface area contributed by atoms with E-state index in [9.17, 15) is 18.0 Å². The van der Waals surface area contributed by atoms with Crippen molar-refractivity contribution in [3.8, 4) is 0 Å². The van der Waals surface area contributed by atoms with Gasteiger partial charge in [0.1, 0.15) is 5.54 Å². The SMILES string of the molecule is C[C@]1(C(=O)NC2CCCCCCC2)CN(S(C)(=O)=O)CC(=O)N1Cc1ccc(Cl)cc1. The van der Waals surface area contributed by atoms with E-state index in [2.05, 4.69) is 5.32 Å². The van der Waals surface area contributed by atoms with Gasteiger partial charge in [-0.25, -0.2) is 8.42 Å². The van der Waals surface area contributed by atoms with Crippen LogP contribution in [0.2, 0.25) is 5.02 Å². The predicted molar refractivity (Wildman–Crippen MR) is 121 cm³/mol. The van der Waals surface area contributed by atoms with Crippen LogP contribution in [0.4, 0.5) is 0 Å². The summed E-state index contributed by atoms with van der Waals surface area (Å²) in [6, 6.07) is 7.14. The Labute approximate surface area is 190 Å². The third-order valence-electron chi connectivity index (χ3n) is 6.35. The zero-order valence-electron chi connectivity index (χ0n) is 18.3. The van der Waals surface area contributed by atoms with Gasteiger partial charge < -0.3 is 10.2 Å². The molecule has 0 radical (unpaired) electrons. The maximum atomic E-state index is 13.5. The van der Waals surface area contributed by atoms with Crippen LogP contribution in [0.25, 0.3) is 0 Å². The third kappa shape index (κ3) is 5.99. The number of hydrogen-bond donors (Lipinski definition) is 1. The van der Waals surface area contributed by atoms with Crippen LogP contribution >= 0.6 is 11.6 Å². The van der Waals surface area contributed by atoms with Crippen LogP contribution in [0.5, 0.6) is 0 Å². The van der Waals surface area contributed by atoms with Crippen molar-refractivity contribution in [2.75, 3.05) is 19.3 Å². The Morgan fingerprint density at radius 3 is 2.29 bits per heavy atom. The van der Waals surface area contributed by atoms with E-state index in [1.165, 1.54) is 11.3 Å². The second-order valence-electron chi connectivity index (χ2n) is 8.93. The summed E-state index contributed by atoms with van der Waals surface area (Å²) in [7, 11) is -3.62. The average molecular weight is 470 g/mol. The molecule has 1 N–H and O–H groups in total. The molecule has 2 amide bonds. The molecule has 1 saturated carbocycles. The lowest BCUT2D eigenvalue weighted by atomic mass is 9.92. The Kier molecular flexibility index (Phi) is 7.65. The predicted octanol–water partition coefficient (Wildman–Crippen LogP) is 2.93. The van der Waals surface area contributed by atoms with Gasteiger partial charge in [-0.05, 0) is 37.5 Å². The molecule has 2 fully saturated rings. The number of amides is 2. The quantitative estimate of drug-likeness (QED) is 0.718. The molecular weight excluding hydrogens is 438 g/mol. The molecule has 9 heteroatoms. The number of carbonyl (C=O) groups is 2. The first-order valence-corrected chi connectivity index (χ1v) is 13.1. The Hall–Kier alpha value is -1.64. The van der Waals surface area contributed by atoms with E-state index < -0.39 is 15.6 Å². The zero-order valence-corrected chi connectivity index (χ0v) is 19.8. The van der Waals surface area contributed by atoms with Crippen LogP contribution in [0.3, 0.4) is 0 Å². The molecule has 1 aliphatic heterocycles. The largest absolute Gasteiger partial charge is 0.351 e. The highest BCUT2D eigenvalue weighted by molar-refractivity contribution is 7.88. The molecule has 1 saturated heterocycles. The van der Waals surface area contributed by atoms with Crippen molar-refractivity contribution in [1.82, 2.24) is 14.5 Å². The molecule has 1 aromatic carbocycles. The van der Waals surface area contributed by atoms with Crippen molar-refractivity contribution >= 4 is 33.4 Å². The first-order valence-electron chi connectivity index (χ1n) is 10.9. The van der Waals surface area contributed by atoms with Crippen molar-refractivity contribution in [2.45, 2.75) is 70.0 Å². The van der Waals surface area contributed by atoms with Gasteiger partial charge in [0.15, 0.2) is 0 Å². The molecule has 2 aliphatic rings. The van der Waals surface area contributed by atoms with Crippen molar-refractivity contribution in [3.05, 3.63) is 34.9 Å². The summed E-state index contributed by atoms with van der Waals surface area (Å²) in [5, 5.41) is 3.72. The molecule has 7 nitrogen and oxygen atoms in total. The number of hydrogen-bond acceptors (Lipinski definition) is 4. The number of nitrogens with zero attached hydrogens (tertiary/aromatic N) is 2. The van der Waals surface area contributed by atoms with Gasteiger partial charge in [-0.2, -0.15) is 4.31 Å². The van der Waals surface area contributed by atoms with E-state index in [4.69, 9.17) is 11.6 Å². The van der Waals surface area contributed by atoms with Gasteiger partial charge in [-0.3, -0.25) is 9.59 Å². The average Bonchev–Trinajstić information content (AvgIpc) is 2.67. The van der Waals surface area contributed by atoms with Gasteiger partial charge in [0, 0.05) is 24.2 Å². The lowest BCUT2D eigenvalue weighted by molar-refractivity contribution is -0.154. The molecule has 3 rings (SSSR count). The molecule has 0 bridgehead atoms. The first kappa shape index (κ1) is 24.0. The van der Waals surface area contributed by atoms with Gasteiger partial charge in [0.2, 0.25) is 21.8 Å². The monoisotopic (exact) mass is 469 g/mol. The number of piperazine rings is 1. The number of benzene rings is 1. The molecule has 0 spiro atoms. The summed E-state index contributed by atoms with van der Waals surface area (Å²) in [5.41, 5.74) is -0.476. The zero-order chi connectivity index (χ0) is 22.6. The maximum absolute atomic E-state index is 13.5. The van der Waals surface area contributed by atoms with E-state index >= 15 is 0 Å². The topological polar surface area (TPSA) is 86.8 Å². The summed E-state index contributed by atoms with van der Waals surface area (Å²) in [4.78, 5) is 28.1. The summed E-state index contributed by atoms with van der Waals surface area (Å²) in [5.74, 6) is -0.685. The standard InChI is InChI=1S/C22H32ClN3O4S/c1-22(21(28)24-19-8-6-4-3-5-7-9-19)16-25(31(2,29)30)15-20(27)26(22)14-17-10-12-18(23)13-11-17/h10-13,19H,3-9,14-16H2,1-2H3,(H,24,28)/t22-/m1/s1. The summed E-state index contributed by atoms with van der Waals surface area (Å²) < 4.78 is 25.6. The smallest absolute Gasteiger partial charge is 0.247 e. The number of sulfonamides is 1. The lowest BCUT2D eigenvalue weighted by Crippen LogP contribution is -2.69. The van der Waals surface area contributed by atoms with Gasteiger partial charge in [0.05, 0.1) is 12.8 Å². The number of halogens is 1. The van der Waals surface area contributed by atoms with E-state index in [-0.39, 0.29) is 37.5 Å². The highest BCUT2D eigenvalue weighted by atomic mass is 35.5. The first-order chi connectivity index (χ1) is 14.6. The molecule has 0 unspecified atom stereocenters. The van der Waals surface area contributed by atoms with E-state index in [1.54, 1.807) is 19.1 Å². The van der Waals surface area contributed by atoms with E-state index in [0.717, 1.165) is 54.6 Å². The van der Waals surface area contributed by atoms with Gasteiger partial charge in [-0.1, -0.05) is 55.8 Å². The van der Waals surface area contributed by atoms with Gasteiger partial charge in [0.25, 0.3) is 0 Å². The van der Waals surface area contributed by atoms with Crippen LogP contribution in [0.15, 0.2) is 24.3 Å². The third-order valence-corrected chi connectivity index (χ3v) is 7.79. The Bertz CT molecular complexity index is 898. The molecular formula is C22H32ClN3O4S. The summed E-state index contributed by atoms with van der Waals surface area (Å²) in [6.45, 7) is 1.54. The molecule has 172 valence electrons. The van der Waals surface area contributed by atoms with Crippen LogP contribution in [-0.4, -0.2) is 60.4 Å².